The van der Waals surface area contributed by atoms with Gasteiger partial charge in [0.1, 0.15) is 5.82 Å². The molecule has 6 heteroatoms. The van der Waals surface area contributed by atoms with E-state index in [1.54, 1.807) is 19.2 Å². The fourth-order valence-electron chi connectivity index (χ4n) is 1.10. The molecular formula is C8H6FIN4. The zero-order valence-corrected chi connectivity index (χ0v) is 9.43. The van der Waals surface area contributed by atoms with E-state index in [0.717, 1.165) is 3.57 Å². The summed E-state index contributed by atoms with van der Waals surface area (Å²) < 4.78 is 14.2. The van der Waals surface area contributed by atoms with Crippen LogP contribution in [0.3, 0.4) is 0 Å². The highest BCUT2D eigenvalue weighted by Crippen LogP contribution is 2.24. The van der Waals surface area contributed by atoms with E-state index in [-0.39, 0.29) is 5.82 Å². The summed E-state index contributed by atoms with van der Waals surface area (Å²) in [6.45, 7) is 0. The molecule has 0 N–H and O–H groups in total. The van der Waals surface area contributed by atoms with E-state index in [2.05, 4.69) is 15.4 Å². The van der Waals surface area contributed by atoms with Crippen molar-refractivity contribution >= 4 is 22.6 Å². The Labute approximate surface area is 93.3 Å². The normalized spacial score (nSPS) is 10.5. The first-order valence-corrected chi connectivity index (χ1v) is 4.95. The van der Waals surface area contributed by atoms with Gasteiger partial charge in [-0.25, -0.2) is 4.39 Å². The molecule has 1 heterocycles. The molecule has 0 fully saturated rings. The number of tetrazole rings is 1. The lowest BCUT2D eigenvalue weighted by Gasteiger charge is -1.99. The second-order valence-electron chi connectivity index (χ2n) is 2.70. The van der Waals surface area contributed by atoms with Crippen LogP contribution in [0.4, 0.5) is 4.39 Å². The highest BCUT2D eigenvalue weighted by molar-refractivity contribution is 14.1. The van der Waals surface area contributed by atoms with Gasteiger partial charge < -0.3 is 0 Å². The molecule has 14 heavy (non-hydrogen) atoms. The molecule has 72 valence electrons. The monoisotopic (exact) mass is 304 g/mol. The maximum absolute atomic E-state index is 13.4. The first kappa shape index (κ1) is 9.50. The fourth-order valence-corrected chi connectivity index (χ4v) is 1.80. The lowest BCUT2D eigenvalue weighted by Crippen LogP contribution is -1.93. The Morgan fingerprint density at radius 1 is 1.43 bits per heavy atom. The lowest BCUT2D eigenvalue weighted by molar-refractivity contribution is 0.625. The van der Waals surface area contributed by atoms with Crippen LogP contribution < -0.4 is 0 Å². The number of nitrogens with zero attached hydrogens (tertiary/aromatic N) is 4. The summed E-state index contributed by atoms with van der Waals surface area (Å²) >= 11 is 2.04. The predicted molar refractivity (Wildman–Crippen MR) is 56.9 cm³/mol. The highest BCUT2D eigenvalue weighted by atomic mass is 127. The van der Waals surface area contributed by atoms with E-state index in [0.29, 0.717) is 11.4 Å². The molecule has 2 rings (SSSR count). The maximum atomic E-state index is 13.4. The third-order valence-corrected chi connectivity index (χ3v) is 2.59. The van der Waals surface area contributed by atoms with E-state index in [9.17, 15) is 4.39 Å². The second-order valence-corrected chi connectivity index (χ2v) is 3.86. The molecule has 0 aliphatic heterocycles. The molecular weight excluding hydrogens is 298 g/mol. The molecule has 0 bridgehead atoms. The van der Waals surface area contributed by atoms with E-state index in [1.165, 1.54) is 10.9 Å². The topological polar surface area (TPSA) is 43.6 Å². The van der Waals surface area contributed by atoms with Crippen LogP contribution in [0.5, 0.6) is 0 Å². The number of hydrogen-bond donors (Lipinski definition) is 0. The van der Waals surface area contributed by atoms with Gasteiger partial charge in [0, 0.05) is 3.57 Å². The number of halogens is 2. The van der Waals surface area contributed by atoms with Crippen LogP contribution in [-0.4, -0.2) is 20.2 Å². The molecule has 4 nitrogen and oxygen atoms in total. The van der Waals surface area contributed by atoms with E-state index in [4.69, 9.17) is 0 Å². The fraction of sp³-hybridized carbons (Fsp3) is 0.125. The SMILES string of the molecule is Cn1nnc(-c2c(F)cccc2I)n1. The standard InChI is InChI=1S/C8H6FIN4/c1-14-12-8(11-13-14)7-5(9)3-2-4-6(7)10/h2-4H,1H3. The van der Waals surface area contributed by atoms with Gasteiger partial charge in [0.05, 0.1) is 12.6 Å². The van der Waals surface area contributed by atoms with Gasteiger partial charge >= 0.3 is 0 Å². The Hall–Kier alpha value is -1.05. The van der Waals surface area contributed by atoms with Crippen molar-refractivity contribution in [3.05, 3.63) is 27.6 Å². The summed E-state index contributed by atoms with van der Waals surface area (Å²) in [4.78, 5) is 1.30. The van der Waals surface area contributed by atoms with Gasteiger partial charge in [-0.1, -0.05) is 6.07 Å². The van der Waals surface area contributed by atoms with E-state index >= 15 is 0 Å². The number of rotatable bonds is 1. The van der Waals surface area contributed by atoms with Crippen molar-refractivity contribution < 1.29 is 4.39 Å². The Kier molecular flexibility index (Phi) is 2.44. The molecule has 0 aliphatic rings. The molecule has 0 aliphatic carbocycles. The van der Waals surface area contributed by atoms with Gasteiger partial charge in [-0.15, -0.1) is 10.2 Å². The Balaban J connectivity index is 2.61. The zero-order chi connectivity index (χ0) is 10.1. The van der Waals surface area contributed by atoms with Crippen molar-refractivity contribution in [3.8, 4) is 11.4 Å². The van der Waals surface area contributed by atoms with Gasteiger partial charge in [0.2, 0.25) is 5.82 Å². The summed E-state index contributed by atoms with van der Waals surface area (Å²) in [6.07, 6.45) is 0. The minimum Gasteiger partial charge on any atom is -0.206 e. The van der Waals surface area contributed by atoms with E-state index in [1.807, 2.05) is 22.6 Å². The molecule has 0 amide bonds. The third-order valence-electron chi connectivity index (χ3n) is 1.69. The van der Waals surface area contributed by atoms with Crippen LogP contribution in [0.2, 0.25) is 0 Å². The molecule has 0 unspecified atom stereocenters. The minimum absolute atomic E-state index is 0.315. The summed E-state index contributed by atoms with van der Waals surface area (Å²) in [6, 6.07) is 4.83. The summed E-state index contributed by atoms with van der Waals surface area (Å²) in [5.41, 5.74) is 0.404. The summed E-state index contributed by atoms with van der Waals surface area (Å²) in [7, 11) is 1.64. The molecule has 2 aromatic rings. The van der Waals surface area contributed by atoms with Crippen molar-refractivity contribution in [1.82, 2.24) is 20.2 Å². The largest absolute Gasteiger partial charge is 0.208 e. The molecule has 0 saturated heterocycles. The van der Waals surface area contributed by atoms with Crippen molar-refractivity contribution in [2.24, 2.45) is 7.05 Å². The van der Waals surface area contributed by atoms with Gasteiger partial charge in [0.25, 0.3) is 0 Å². The Bertz CT molecular complexity index is 448. The van der Waals surface area contributed by atoms with E-state index < -0.39 is 0 Å². The first-order chi connectivity index (χ1) is 6.68. The van der Waals surface area contributed by atoms with Crippen molar-refractivity contribution in [2.45, 2.75) is 0 Å². The minimum atomic E-state index is -0.329. The van der Waals surface area contributed by atoms with Gasteiger partial charge in [-0.3, -0.25) is 0 Å². The molecule has 1 aromatic carbocycles. The van der Waals surface area contributed by atoms with Crippen LogP contribution in [0.25, 0.3) is 11.4 Å². The van der Waals surface area contributed by atoms with Crippen LogP contribution >= 0.6 is 22.6 Å². The third kappa shape index (κ3) is 1.61. The van der Waals surface area contributed by atoms with Gasteiger partial charge in [0.15, 0.2) is 0 Å². The second kappa shape index (κ2) is 3.60. The average molecular weight is 304 g/mol. The number of aromatic nitrogens is 4. The van der Waals surface area contributed by atoms with Crippen molar-refractivity contribution in [3.63, 3.8) is 0 Å². The number of hydrogen-bond acceptors (Lipinski definition) is 3. The molecule has 0 saturated carbocycles. The molecule has 0 spiro atoms. The quantitative estimate of drug-likeness (QED) is 0.752. The average Bonchev–Trinajstić information content (AvgIpc) is 2.51. The summed E-state index contributed by atoms with van der Waals surface area (Å²) in [5.74, 6) is -0.0140. The molecule has 0 radical (unpaired) electrons. The molecule has 0 atom stereocenters. The number of benzene rings is 1. The predicted octanol–water partition coefficient (Wildman–Crippen LogP) is 1.62. The van der Waals surface area contributed by atoms with Gasteiger partial charge in [-0.05, 0) is 39.9 Å². The van der Waals surface area contributed by atoms with Crippen LogP contribution in [0.1, 0.15) is 0 Å². The zero-order valence-electron chi connectivity index (χ0n) is 7.28. The summed E-state index contributed by atoms with van der Waals surface area (Å²) in [5, 5.41) is 11.4. The Morgan fingerprint density at radius 3 is 2.79 bits per heavy atom. The maximum Gasteiger partial charge on any atom is 0.208 e. The van der Waals surface area contributed by atoms with Crippen LogP contribution in [-0.2, 0) is 7.05 Å². The van der Waals surface area contributed by atoms with Gasteiger partial charge in [-0.2, -0.15) is 4.80 Å². The highest BCUT2D eigenvalue weighted by Gasteiger charge is 2.13. The lowest BCUT2D eigenvalue weighted by atomic mass is 10.2. The Morgan fingerprint density at radius 2 is 2.21 bits per heavy atom. The van der Waals surface area contributed by atoms with Crippen LogP contribution in [0, 0.1) is 9.39 Å². The molecule has 1 aromatic heterocycles. The van der Waals surface area contributed by atoms with Crippen molar-refractivity contribution in [2.75, 3.05) is 0 Å². The number of aryl methyl sites for hydroxylation is 1. The smallest absolute Gasteiger partial charge is 0.206 e. The van der Waals surface area contributed by atoms with Crippen LogP contribution in [0.15, 0.2) is 18.2 Å². The first-order valence-electron chi connectivity index (χ1n) is 3.87. The van der Waals surface area contributed by atoms with Crippen molar-refractivity contribution in [1.29, 1.82) is 0 Å².